The lowest BCUT2D eigenvalue weighted by atomic mass is 10.1. The second kappa shape index (κ2) is 12.8. The van der Waals surface area contributed by atoms with Gasteiger partial charge in [-0.2, -0.15) is 0 Å². The summed E-state index contributed by atoms with van der Waals surface area (Å²) in [5, 5.41) is 5.93. The van der Waals surface area contributed by atoms with Gasteiger partial charge in [0, 0.05) is 50.2 Å². The van der Waals surface area contributed by atoms with Crippen molar-refractivity contribution in [3.05, 3.63) is 90.0 Å². The van der Waals surface area contributed by atoms with E-state index in [1.54, 1.807) is 19.3 Å². The number of nitrogens with zero attached hydrogens (tertiary/aromatic N) is 2. The summed E-state index contributed by atoms with van der Waals surface area (Å²) in [5.41, 5.74) is 4.02. The number of hydrogen-bond donors (Lipinski definition) is 2. The van der Waals surface area contributed by atoms with Gasteiger partial charge in [0.15, 0.2) is 0 Å². The Morgan fingerprint density at radius 1 is 0.895 bits per heavy atom. The predicted octanol–water partition coefficient (Wildman–Crippen LogP) is 5.06. The van der Waals surface area contributed by atoms with Crippen LogP contribution < -0.4 is 25.2 Å². The van der Waals surface area contributed by atoms with Crippen LogP contribution in [0.15, 0.2) is 78.9 Å². The molecule has 38 heavy (non-hydrogen) atoms. The van der Waals surface area contributed by atoms with E-state index >= 15 is 0 Å². The molecule has 0 unspecified atom stereocenters. The van der Waals surface area contributed by atoms with E-state index in [1.165, 1.54) is 6.08 Å². The molecule has 4 rings (SSSR count). The summed E-state index contributed by atoms with van der Waals surface area (Å²) in [7, 11) is 1.69. The Kier molecular flexibility index (Phi) is 9.03. The Hall–Kier alpha value is -4.26. The Balaban J connectivity index is 1.50. The lowest BCUT2D eigenvalue weighted by molar-refractivity contribution is -0.111. The number of carbonyl (C=O) groups excluding carboxylic acids is 2. The fraction of sp³-hybridized carbons (Fsp3) is 0.290. The SMILES string of the molecule is COc1ccccc1N1CCN(c2ccc(NC(=O)/C=C/c3ccccc3)cc2C(=O)NCC(C)C)CC1. The Labute approximate surface area is 225 Å². The highest BCUT2D eigenvalue weighted by Gasteiger charge is 2.24. The standard InChI is InChI=1S/C31H36N4O3/c1-23(2)22-32-31(37)26-21-25(33-30(36)16-13-24-9-5-4-6-10-24)14-15-27(26)34-17-19-35(20-18-34)28-11-7-8-12-29(28)38-3/h4-16,21,23H,17-20,22H2,1-3H3,(H,32,37)(H,33,36)/b16-13+. The van der Waals surface area contributed by atoms with Gasteiger partial charge >= 0.3 is 0 Å². The van der Waals surface area contributed by atoms with Crippen molar-refractivity contribution in [2.45, 2.75) is 13.8 Å². The fourth-order valence-corrected chi connectivity index (χ4v) is 4.46. The van der Waals surface area contributed by atoms with E-state index in [1.807, 2.05) is 60.7 Å². The monoisotopic (exact) mass is 512 g/mol. The number of ether oxygens (including phenoxy) is 1. The first-order chi connectivity index (χ1) is 18.4. The summed E-state index contributed by atoms with van der Waals surface area (Å²) in [6.45, 7) is 7.83. The van der Waals surface area contributed by atoms with Crippen molar-refractivity contribution in [1.29, 1.82) is 0 Å². The second-order valence-corrected chi connectivity index (χ2v) is 9.72. The molecule has 7 heteroatoms. The number of carbonyl (C=O) groups is 2. The molecule has 0 saturated carbocycles. The van der Waals surface area contributed by atoms with E-state index in [2.05, 4.69) is 40.3 Å². The van der Waals surface area contributed by atoms with E-state index < -0.39 is 0 Å². The first kappa shape index (κ1) is 26.8. The van der Waals surface area contributed by atoms with Crippen LogP contribution >= 0.6 is 0 Å². The molecular weight excluding hydrogens is 476 g/mol. The number of benzene rings is 3. The minimum Gasteiger partial charge on any atom is -0.495 e. The summed E-state index contributed by atoms with van der Waals surface area (Å²) in [6.07, 6.45) is 3.26. The van der Waals surface area contributed by atoms with Crippen molar-refractivity contribution in [2.24, 2.45) is 5.92 Å². The van der Waals surface area contributed by atoms with Crippen LogP contribution in [0.5, 0.6) is 5.75 Å². The number of piperazine rings is 1. The first-order valence-electron chi connectivity index (χ1n) is 13.0. The van der Waals surface area contributed by atoms with Gasteiger partial charge in [-0.15, -0.1) is 0 Å². The van der Waals surface area contributed by atoms with Gasteiger partial charge in [-0.1, -0.05) is 56.3 Å². The zero-order valence-electron chi connectivity index (χ0n) is 22.3. The summed E-state index contributed by atoms with van der Waals surface area (Å²) < 4.78 is 5.55. The van der Waals surface area contributed by atoms with Gasteiger partial charge in [0.2, 0.25) is 5.91 Å². The van der Waals surface area contributed by atoms with Crippen LogP contribution in [0.25, 0.3) is 6.08 Å². The lowest BCUT2D eigenvalue weighted by Crippen LogP contribution is -2.47. The molecule has 1 saturated heterocycles. The van der Waals surface area contributed by atoms with Crippen molar-refractivity contribution < 1.29 is 14.3 Å². The van der Waals surface area contributed by atoms with Crippen molar-refractivity contribution in [3.8, 4) is 5.75 Å². The van der Waals surface area contributed by atoms with Crippen molar-refractivity contribution in [1.82, 2.24) is 5.32 Å². The van der Waals surface area contributed by atoms with Gasteiger partial charge in [-0.05, 0) is 47.9 Å². The Morgan fingerprint density at radius 2 is 1.55 bits per heavy atom. The summed E-state index contributed by atoms with van der Waals surface area (Å²) >= 11 is 0. The Morgan fingerprint density at radius 3 is 2.24 bits per heavy atom. The van der Waals surface area contributed by atoms with Gasteiger partial charge in [0.05, 0.1) is 18.4 Å². The second-order valence-electron chi connectivity index (χ2n) is 9.72. The van der Waals surface area contributed by atoms with Gasteiger partial charge in [-0.3, -0.25) is 9.59 Å². The number of rotatable bonds is 9. The van der Waals surface area contributed by atoms with E-state index in [0.717, 1.165) is 48.9 Å². The maximum Gasteiger partial charge on any atom is 0.253 e. The highest BCUT2D eigenvalue weighted by atomic mass is 16.5. The molecule has 0 bridgehead atoms. The topological polar surface area (TPSA) is 73.9 Å². The highest BCUT2D eigenvalue weighted by molar-refractivity contribution is 6.05. The van der Waals surface area contributed by atoms with Crippen molar-refractivity contribution >= 4 is 35.0 Å². The molecule has 1 fully saturated rings. The third-order valence-electron chi connectivity index (χ3n) is 6.45. The first-order valence-corrected chi connectivity index (χ1v) is 13.0. The van der Waals surface area contributed by atoms with Gasteiger partial charge in [0.25, 0.3) is 5.91 Å². The maximum absolute atomic E-state index is 13.2. The van der Waals surface area contributed by atoms with Gasteiger partial charge in [0.1, 0.15) is 5.75 Å². The minimum atomic E-state index is -0.249. The third-order valence-corrected chi connectivity index (χ3v) is 6.45. The molecule has 1 aliphatic rings. The molecule has 198 valence electrons. The normalized spacial score (nSPS) is 13.6. The van der Waals surface area contributed by atoms with Crippen LogP contribution in [-0.2, 0) is 4.79 Å². The molecule has 1 aliphatic heterocycles. The zero-order valence-corrected chi connectivity index (χ0v) is 22.3. The zero-order chi connectivity index (χ0) is 26.9. The lowest BCUT2D eigenvalue weighted by Gasteiger charge is -2.38. The minimum absolute atomic E-state index is 0.142. The molecule has 0 radical (unpaired) electrons. The number of amides is 2. The van der Waals surface area contributed by atoms with E-state index in [4.69, 9.17) is 4.74 Å². The van der Waals surface area contributed by atoms with Crippen LogP contribution in [0.3, 0.4) is 0 Å². The van der Waals surface area contributed by atoms with Crippen LogP contribution in [-0.4, -0.2) is 51.6 Å². The molecule has 7 nitrogen and oxygen atoms in total. The van der Waals surface area contributed by atoms with E-state index in [9.17, 15) is 9.59 Å². The summed E-state index contributed by atoms with van der Waals surface area (Å²) in [5.74, 6) is 0.797. The number of anilines is 3. The molecule has 2 N–H and O–H groups in total. The van der Waals surface area contributed by atoms with Crippen LogP contribution in [0.1, 0.15) is 29.8 Å². The Bertz CT molecular complexity index is 1270. The highest BCUT2D eigenvalue weighted by Crippen LogP contribution is 2.31. The quantitative estimate of drug-likeness (QED) is 0.392. The maximum atomic E-state index is 13.2. The molecule has 3 aromatic rings. The van der Waals surface area contributed by atoms with Crippen molar-refractivity contribution in [2.75, 3.05) is 55.0 Å². The molecule has 0 atom stereocenters. The fourth-order valence-electron chi connectivity index (χ4n) is 4.46. The van der Waals surface area contributed by atoms with Crippen molar-refractivity contribution in [3.63, 3.8) is 0 Å². The largest absolute Gasteiger partial charge is 0.495 e. The smallest absolute Gasteiger partial charge is 0.253 e. The molecule has 0 aliphatic carbocycles. The molecule has 1 heterocycles. The molecular formula is C31H36N4O3. The number of hydrogen-bond acceptors (Lipinski definition) is 5. The number of methoxy groups -OCH3 is 1. The van der Waals surface area contributed by atoms with E-state index in [0.29, 0.717) is 23.7 Å². The van der Waals surface area contributed by atoms with Gasteiger partial charge < -0.3 is 25.2 Å². The molecule has 0 aromatic heterocycles. The van der Waals surface area contributed by atoms with Crippen LogP contribution in [0.4, 0.5) is 17.1 Å². The predicted molar refractivity (Wildman–Crippen MR) is 155 cm³/mol. The van der Waals surface area contributed by atoms with Crippen LogP contribution in [0, 0.1) is 5.92 Å². The average molecular weight is 513 g/mol. The van der Waals surface area contributed by atoms with E-state index in [-0.39, 0.29) is 11.8 Å². The summed E-state index contributed by atoms with van der Waals surface area (Å²) in [4.78, 5) is 30.3. The number of para-hydroxylation sites is 2. The third kappa shape index (κ3) is 6.94. The number of nitrogens with one attached hydrogen (secondary N) is 2. The molecule has 2 amide bonds. The summed E-state index contributed by atoms with van der Waals surface area (Å²) in [6, 6.07) is 23.2. The molecule has 3 aromatic carbocycles. The molecule has 0 spiro atoms. The van der Waals surface area contributed by atoms with Gasteiger partial charge in [-0.25, -0.2) is 0 Å². The average Bonchev–Trinajstić information content (AvgIpc) is 2.95. The van der Waals surface area contributed by atoms with Crippen LogP contribution in [0.2, 0.25) is 0 Å².